The summed E-state index contributed by atoms with van der Waals surface area (Å²) in [5.74, 6) is -0.994. The van der Waals surface area contributed by atoms with Crippen molar-refractivity contribution in [3.63, 3.8) is 0 Å². The van der Waals surface area contributed by atoms with Crippen LogP contribution >= 0.6 is 0 Å². The smallest absolute Gasteiger partial charge is 0.334 e. The van der Waals surface area contributed by atoms with Gasteiger partial charge in [-0.3, -0.25) is 4.79 Å². The van der Waals surface area contributed by atoms with Gasteiger partial charge in [0.25, 0.3) is 0 Å². The molecule has 2 saturated heterocycles. The van der Waals surface area contributed by atoms with Crippen molar-refractivity contribution in [1.29, 1.82) is 0 Å². The van der Waals surface area contributed by atoms with Crippen molar-refractivity contribution < 1.29 is 23.8 Å². The summed E-state index contributed by atoms with van der Waals surface area (Å²) in [7, 11) is 0. The molecule has 7 atom stereocenters. The van der Waals surface area contributed by atoms with Crippen LogP contribution < -0.4 is 0 Å². The Balaban J connectivity index is 1.70. The minimum absolute atomic E-state index is 0.0398. The monoisotopic (exact) mass is 346 g/mol. The van der Waals surface area contributed by atoms with E-state index in [1.54, 1.807) is 0 Å². The molecule has 0 radical (unpaired) electrons. The maximum Gasteiger partial charge on any atom is 0.334 e. The number of esters is 2. The molecule has 3 fully saturated rings. The van der Waals surface area contributed by atoms with E-state index in [4.69, 9.17) is 14.2 Å². The minimum Gasteiger partial charge on any atom is -0.461 e. The molecule has 0 spiro atoms. The topological polar surface area (TPSA) is 65.1 Å². The zero-order valence-corrected chi connectivity index (χ0v) is 15.3. The van der Waals surface area contributed by atoms with E-state index in [0.717, 1.165) is 12.8 Å². The van der Waals surface area contributed by atoms with Crippen molar-refractivity contribution >= 4 is 11.9 Å². The van der Waals surface area contributed by atoms with Gasteiger partial charge in [-0.2, -0.15) is 0 Å². The highest BCUT2D eigenvalue weighted by atomic mass is 16.6. The van der Waals surface area contributed by atoms with Crippen LogP contribution in [0.15, 0.2) is 23.3 Å². The first-order valence-corrected chi connectivity index (χ1v) is 9.24. The summed E-state index contributed by atoms with van der Waals surface area (Å²) in [4.78, 5) is 24.7. The van der Waals surface area contributed by atoms with E-state index in [1.165, 1.54) is 11.1 Å². The molecule has 0 aromatic rings. The summed E-state index contributed by atoms with van der Waals surface area (Å²) in [5.41, 5.74) is 2.72. The molecule has 4 rings (SSSR count). The fraction of sp³-hybridized carbons (Fsp3) is 0.700. The molecule has 2 aliphatic carbocycles. The lowest BCUT2D eigenvalue weighted by Gasteiger charge is -2.30. The van der Waals surface area contributed by atoms with Crippen LogP contribution in [0.1, 0.15) is 47.0 Å². The maximum atomic E-state index is 12.4. The third-order valence-electron chi connectivity index (χ3n) is 6.71. The number of rotatable bonds is 3. The Bertz CT molecular complexity index is 692. The number of epoxide rings is 1. The summed E-state index contributed by atoms with van der Waals surface area (Å²) in [6.45, 7) is 12.0. The van der Waals surface area contributed by atoms with Crippen LogP contribution in [-0.4, -0.2) is 35.9 Å². The van der Waals surface area contributed by atoms with Gasteiger partial charge in [0.05, 0.1) is 17.9 Å². The average molecular weight is 346 g/mol. The quantitative estimate of drug-likeness (QED) is 0.340. The van der Waals surface area contributed by atoms with Gasteiger partial charge in [0, 0.05) is 17.9 Å². The molecule has 0 amide bonds. The van der Waals surface area contributed by atoms with Crippen LogP contribution in [0.4, 0.5) is 0 Å². The summed E-state index contributed by atoms with van der Waals surface area (Å²) < 4.78 is 17.5. The fourth-order valence-corrected chi connectivity index (χ4v) is 4.85. The molecule has 0 N–H and O–H groups in total. The Morgan fingerprint density at radius 2 is 2.16 bits per heavy atom. The zero-order chi connectivity index (χ0) is 18.1. The predicted octanol–water partition coefficient (Wildman–Crippen LogP) is 2.94. The van der Waals surface area contributed by atoms with E-state index in [9.17, 15) is 9.59 Å². The number of carbonyl (C=O) groups excluding carboxylic acids is 2. The molecule has 2 heterocycles. The molecule has 5 nitrogen and oxygen atoms in total. The SMILES string of the molecule is C=C1C(=O)O[C@H]2[C@H]1[C@@H](OC(=O)C(C)CC)CC(C)=C1C[C@H]3O[C@@]3(C)[C@@H]12. The molecule has 1 unspecified atom stereocenters. The van der Waals surface area contributed by atoms with Crippen molar-refractivity contribution in [3.05, 3.63) is 23.3 Å². The first-order valence-electron chi connectivity index (χ1n) is 9.24. The molecule has 0 aromatic carbocycles. The van der Waals surface area contributed by atoms with Crippen molar-refractivity contribution in [3.8, 4) is 0 Å². The number of fused-ring (bicyclic) bond motifs is 5. The molecule has 1 saturated carbocycles. The van der Waals surface area contributed by atoms with Gasteiger partial charge in [-0.15, -0.1) is 0 Å². The Hall–Kier alpha value is -1.62. The highest BCUT2D eigenvalue weighted by molar-refractivity contribution is 5.91. The Morgan fingerprint density at radius 1 is 1.44 bits per heavy atom. The summed E-state index contributed by atoms with van der Waals surface area (Å²) in [5, 5.41) is 0. The van der Waals surface area contributed by atoms with E-state index < -0.39 is 6.10 Å². The Morgan fingerprint density at radius 3 is 2.84 bits per heavy atom. The van der Waals surface area contributed by atoms with Crippen molar-refractivity contribution in [2.24, 2.45) is 17.8 Å². The van der Waals surface area contributed by atoms with Crippen LogP contribution in [0.3, 0.4) is 0 Å². The van der Waals surface area contributed by atoms with Gasteiger partial charge < -0.3 is 14.2 Å². The van der Waals surface area contributed by atoms with Gasteiger partial charge in [-0.1, -0.05) is 31.6 Å². The number of hydrogen-bond donors (Lipinski definition) is 0. The molecular weight excluding hydrogens is 320 g/mol. The highest BCUT2D eigenvalue weighted by Gasteiger charge is 2.70. The van der Waals surface area contributed by atoms with Crippen LogP contribution in [0.25, 0.3) is 0 Å². The molecular formula is C20H26O5. The van der Waals surface area contributed by atoms with E-state index in [2.05, 4.69) is 20.4 Å². The number of carbonyl (C=O) groups is 2. The van der Waals surface area contributed by atoms with E-state index in [1.807, 2.05) is 13.8 Å². The van der Waals surface area contributed by atoms with Gasteiger partial charge in [-0.25, -0.2) is 4.79 Å². The molecule has 25 heavy (non-hydrogen) atoms. The standard InChI is InChI=1S/C20H26O5/c1-6-9(2)18(21)23-13-7-10(3)12-8-14-20(5,25-14)16(12)17-15(13)11(4)19(22)24-17/h9,13-17H,4,6-8H2,1-3,5H3/t9?,13-,14+,15+,16-,17-,20+/m0/s1. The van der Waals surface area contributed by atoms with Gasteiger partial charge in [-0.05, 0) is 26.7 Å². The third-order valence-corrected chi connectivity index (χ3v) is 6.71. The van der Waals surface area contributed by atoms with Gasteiger partial charge >= 0.3 is 11.9 Å². The van der Waals surface area contributed by atoms with Crippen molar-refractivity contribution in [2.45, 2.75) is 70.9 Å². The number of ether oxygens (including phenoxy) is 3. The van der Waals surface area contributed by atoms with Crippen LogP contribution in [0.5, 0.6) is 0 Å². The molecule has 5 heteroatoms. The third kappa shape index (κ3) is 2.31. The van der Waals surface area contributed by atoms with Gasteiger partial charge in [0.2, 0.25) is 0 Å². The van der Waals surface area contributed by atoms with Crippen molar-refractivity contribution in [2.75, 3.05) is 0 Å². The largest absolute Gasteiger partial charge is 0.461 e. The van der Waals surface area contributed by atoms with Crippen LogP contribution in [-0.2, 0) is 23.8 Å². The summed E-state index contributed by atoms with van der Waals surface area (Å²) >= 11 is 0. The number of hydrogen-bond acceptors (Lipinski definition) is 5. The van der Waals surface area contributed by atoms with Crippen LogP contribution in [0, 0.1) is 17.8 Å². The van der Waals surface area contributed by atoms with Gasteiger partial charge in [0.15, 0.2) is 0 Å². The molecule has 136 valence electrons. The first kappa shape index (κ1) is 16.8. The molecule has 2 aliphatic heterocycles. The average Bonchev–Trinajstić information content (AvgIpc) is 3.03. The molecule has 0 aromatic heterocycles. The highest BCUT2D eigenvalue weighted by Crippen LogP contribution is 2.62. The lowest BCUT2D eigenvalue weighted by molar-refractivity contribution is -0.157. The summed E-state index contributed by atoms with van der Waals surface area (Å²) in [6, 6.07) is 0. The second-order valence-electron chi connectivity index (χ2n) is 8.19. The Kier molecular flexibility index (Phi) is 3.66. The lowest BCUT2D eigenvalue weighted by Crippen LogP contribution is -2.40. The fourth-order valence-electron chi connectivity index (χ4n) is 4.85. The van der Waals surface area contributed by atoms with Gasteiger partial charge in [0.1, 0.15) is 17.8 Å². The van der Waals surface area contributed by atoms with E-state index in [0.29, 0.717) is 12.0 Å². The summed E-state index contributed by atoms with van der Waals surface area (Å²) in [6.07, 6.45) is 1.71. The first-order chi connectivity index (χ1) is 11.8. The predicted molar refractivity (Wildman–Crippen MR) is 90.5 cm³/mol. The normalized spacial score (nSPS) is 43.0. The second-order valence-corrected chi connectivity index (χ2v) is 8.19. The Labute approximate surface area is 148 Å². The van der Waals surface area contributed by atoms with E-state index in [-0.39, 0.29) is 47.5 Å². The maximum absolute atomic E-state index is 12.4. The minimum atomic E-state index is -0.399. The second kappa shape index (κ2) is 5.44. The van der Waals surface area contributed by atoms with Crippen LogP contribution in [0.2, 0.25) is 0 Å². The lowest BCUT2D eigenvalue weighted by atomic mass is 9.80. The van der Waals surface area contributed by atoms with Crippen molar-refractivity contribution in [1.82, 2.24) is 0 Å². The zero-order valence-electron chi connectivity index (χ0n) is 15.3. The van der Waals surface area contributed by atoms with E-state index >= 15 is 0 Å². The molecule has 4 aliphatic rings. The molecule has 0 bridgehead atoms.